The lowest BCUT2D eigenvalue weighted by molar-refractivity contribution is -0.123. The number of rotatable bonds is 4. The smallest absolute Gasteiger partial charge is 0.243 e. The Kier molecular flexibility index (Phi) is 4.60. The van der Waals surface area contributed by atoms with E-state index in [-0.39, 0.29) is 29.5 Å². The van der Waals surface area contributed by atoms with Gasteiger partial charge in [-0.15, -0.1) is 0 Å². The van der Waals surface area contributed by atoms with E-state index in [2.05, 4.69) is 5.32 Å². The standard InChI is InChI=1S/C13H18FN3O3S/c1-16-13(18)12-3-2-6-17(12)21(19,20)10-4-5-11(14)9(7-10)8-15/h4-5,7,12H,2-3,6,8,15H2,1H3,(H,16,18). The molecule has 6 nitrogen and oxygen atoms in total. The van der Waals surface area contributed by atoms with Crippen LogP contribution in [0, 0.1) is 5.82 Å². The van der Waals surface area contributed by atoms with Gasteiger partial charge in [-0.2, -0.15) is 4.31 Å². The van der Waals surface area contributed by atoms with Crippen molar-refractivity contribution in [3.8, 4) is 0 Å². The second-order valence-corrected chi connectivity index (χ2v) is 6.74. The van der Waals surface area contributed by atoms with Crippen molar-refractivity contribution in [1.82, 2.24) is 9.62 Å². The molecule has 1 aliphatic rings. The van der Waals surface area contributed by atoms with Gasteiger partial charge in [0.1, 0.15) is 11.9 Å². The van der Waals surface area contributed by atoms with E-state index in [9.17, 15) is 17.6 Å². The Morgan fingerprint density at radius 2 is 2.24 bits per heavy atom. The number of nitrogens with two attached hydrogens (primary N) is 1. The van der Waals surface area contributed by atoms with Gasteiger partial charge >= 0.3 is 0 Å². The maximum atomic E-state index is 13.4. The van der Waals surface area contributed by atoms with Crippen LogP contribution in [0.4, 0.5) is 4.39 Å². The number of carbonyl (C=O) groups excluding carboxylic acids is 1. The third-order valence-electron chi connectivity index (χ3n) is 3.60. The molecule has 1 amide bonds. The van der Waals surface area contributed by atoms with E-state index in [1.807, 2.05) is 0 Å². The summed E-state index contributed by atoms with van der Waals surface area (Å²) in [6.07, 6.45) is 1.09. The van der Waals surface area contributed by atoms with Gasteiger partial charge in [0.15, 0.2) is 0 Å². The van der Waals surface area contributed by atoms with Crippen LogP contribution in [0.25, 0.3) is 0 Å². The number of nitrogens with zero attached hydrogens (tertiary/aromatic N) is 1. The fraction of sp³-hybridized carbons (Fsp3) is 0.462. The van der Waals surface area contributed by atoms with E-state index in [1.54, 1.807) is 0 Å². The first kappa shape index (κ1) is 15.9. The molecular formula is C13H18FN3O3S. The molecule has 0 aliphatic carbocycles. The van der Waals surface area contributed by atoms with Gasteiger partial charge in [0.25, 0.3) is 0 Å². The minimum absolute atomic E-state index is 0.0415. The Labute approximate surface area is 123 Å². The van der Waals surface area contributed by atoms with Crippen molar-refractivity contribution in [3.05, 3.63) is 29.6 Å². The highest BCUT2D eigenvalue weighted by atomic mass is 32.2. The summed E-state index contributed by atoms with van der Waals surface area (Å²) in [5, 5.41) is 2.47. The van der Waals surface area contributed by atoms with Crippen molar-refractivity contribution in [2.45, 2.75) is 30.3 Å². The van der Waals surface area contributed by atoms with Gasteiger partial charge in [-0.1, -0.05) is 0 Å². The molecule has 0 radical (unpaired) electrons. The summed E-state index contributed by atoms with van der Waals surface area (Å²) >= 11 is 0. The first-order valence-electron chi connectivity index (χ1n) is 6.63. The first-order chi connectivity index (χ1) is 9.91. The Balaban J connectivity index is 2.39. The van der Waals surface area contributed by atoms with Crippen LogP contribution >= 0.6 is 0 Å². The molecule has 8 heteroatoms. The summed E-state index contributed by atoms with van der Waals surface area (Å²) in [4.78, 5) is 11.7. The highest BCUT2D eigenvalue weighted by molar-refractivity contribution is 7.89. The lowest BCUT2D eigenvalue weighted by atomic mass is 10.2. The highest BCUT2D eigenvalue weighted by Crippen LogP contribution is 2.27. The minimum atomic E-state index is -3.84. The summed E-state index contributed by atoms with van der Waals surface area (Å²) in [5.41, 5.74) is 5.53. The minimum Gasteiger partial charge on any atom is -0.358 e. The molecule has 1 aromatic rings. The lowest BCUT2D eigenvalue weighted by Crippen LogP contribution is -2.44. The van der Waals surface area contributed by atoms with Crippen molar-refractivity contribution >= 4 is 15.9 Å². The number of hydrogen-bond acceptors (Lipinski definition) is 4. The Bertz CT molecular complexity index is 648. The zero-order valence-corrected chi connectivity index (χ0v) is 12.5. The van der Waals surface area contributed by atoms with Crippen LogP contribution < -0.4 is 11.1 Å². The zero-order valence-electron chi connectivity index (χ0n) is 11.7. The Morgan fingerprint density at radius 1 is 1.52 bits per heavy atom. The number of nitrogens with one attached hydrogen (secondary N) is 1. The van der Waals surface area contributed by atoms with Crippen LogP contribution in [0.2, 0.25) is 0 Å². The van der Waals surface area contributed by atoms with Crippen molar-refractivity contribution in [2.75, 3.05) is 13.6 Å². The molecule has 1 aliphatic heterocycles. The maximum Gasteiger partial charge on any atom is 0.243 e. The van der Waals surface area contributed by atoms with Gasteiger partial charge in [-0.25, -0.2) is 12.8 Å². The van der Waals surface area contributed by atoms with Crippen LogP contribution in [-0.2, 0) is 21.4 Å². The normalized spacial score (nSPS) is 19.7. The second kappa shape index (κ2) is 6.08. The molecule has 0 aromatic heterocycles. The van der Waals surface area contributed by atoms with Crippen LogP contribution in [0.15, 0.2) is 23.1 Å². The van der Waals surface area contributed by atoms with E-state index < -0.39 is 21.9 Å². The van der Waals surface area contributed by atoms with E-state index in [0.29, 0.717) is 12.8 Å². The SMILES string of the molecule is CNC(=O)C1CCCN1S(=O)(=O)c1ccc(F)c(CN)c1. The lowest BCUT2D eigenvalue weighted by Gasteiger charge is -2.23. The topological polar surface area (TPSA) is 92.5 Å². The Hall–Kier alpha value is -1.51. The van der Waals surface area contributed by atoms with E-state index in [1.165, 1.54) is 23.5 Å². The quantitative estimate of drug-likeness (QED) is 0.829. The predicted molar refractivity (Wildman–Crippen MR) is 75.3 cm³/mol. The fourth-order valence-electron chi connectivity index (χ4n) is 2.46. The Morgan fingerprint density at radius 3 is 2.86 bits per heavy atom. The summed E-state index contributed by atoms with van der Waals surface area (Å²) < 4.78 is 39.9. The number of carbonyl (C=O) groups is 1. The van der Waals surface area contributed by atoms with E-state index >= 15 is 0 Å². The second-order valence-electron chi connectivity index (χ2n) is 4.85. The average molecular weight is 315 g/mol. The molecule has 1 fully saturated rings. The number of benzene rings is 1. The fourth-order valence-corrected chi connectivity index (χ4v) is 4.17. The summed E-state index contributed by atoms with van der Waals surface area (Å²) in [6.45, 7) is 0.184. The van der Waals surface area contributed by atoms with Crippen molar-refractivity contribution in [2.24, 2.45) is 5.73 Å². The molecule has 0 spiro atoms. The van der Waals surface area contributed by atoms with Gasteiger partial charge in [0, 0.05) is 25.7 Å². The summed E-state index contributed by atoms with van der Waals surface area (Å²) in [5.74, 6) is -0.877. The molecule has 0 saturated carbocycles. The maximum absolute atomic E-state index is 13.4. The third kappa shape index (κ3) is 2.92. The molecule has 21 heavy (non-hydrogen) atoms. The van der Waals surface area contributed by atoms with Crippen LogP contribution in [-0.4, -0.2) is 38.3 Å². The zero-order chi connectivity index (χ0) is 15.6. The molecule has 1 aromatic carbocycles. The highest BCUT2D eigenvalue weighted by Gasteiger charge is 2.39. The van der Waals surface area contributed by atoms with E-state index in [4.69, 9.17) is 5.73 Å². The number of amides is 1. The number of likely N-dealkylation sites (N-methyl/N-ethyl adjacent to an activating group) is 1. The van der Waals surface area contributed by atoms with Crippen LogP contribution in [0.3, 0.4) is 0 Å². The van der Waals surface area contributed by atoms with Gasteiger partial charge in [-0.3, -0.25) is 4.79 Å². The molecule has 1 heterocycles. The molecule has 1 atom stereocenters. The van der Waals surface area contributed by atoms with Crippen molar-refractivity contribution in [1.29, 1.82) is 0 Å². The van der Waals surface area contributed by atoms with Gasteiger partial charge < -0.3 is 11.1 Å². The van der Waals surface area contributed by atoms with Crippen molar-refractivity contribution in [3.63, 3.8) is 0 Å². The average Bonchev–Trinajstić information content (AvgIpc) is 2.97. The molecule has 3 N–H and O–H groups in total. The van der Waals surface area contributed by atoms with Gasteiger partial charge in [0.05, 0.1) is 4.90 Å². The van der Waals surface area contributed by atoms with Crippen LogP contribution in [0.1, 0.15) is 18.4 Å². The molecule has 1 saturated heterocycles. The summed E-state index contributed by atoms with van der Waals surface area (Å²) in [7, 11) is -2.37. The third-order valence-corrected chi connectivity index (χ3v) is 5.50. The monoisotopic (exact) mass is 315 g/mol. The van der Waals surface area contributed by atoms with Crippen LogP contribution in [0.5, 0.6) is 0 Å². The largest absolute Gasteiger partial charge is 0.358 e. The van der Waals surface area contributed by atoms with Gasteiger partial charge in [0.2, 0.25) is 15.9 Å². The molecular weight excluding hydrogens is 297 g/mol. The molecule has 1 unspecified atom stereocenters. The van der Waals surface area contributed by atoms with Gasteiger partial charge in [-0.05, 0) is 31.0 Å². The first-order valence-corrected chi connectivity index (χ1v) is 8.07. The molecule has 2 rings (SSSR count). The molecule has 116 valence electrons. The number of halogens is 1. The summed E-state index contributed by atoms with van der Waals surface area (Å²) in [6, 6.07) is 2.79. The number of sulfonamides is 1. The van der Waals surface area contributed by atoms with Crippen molar-refractivity contribution < 1.29 is 17.6 Å². The predicted octanol–water partition coefficient (Wildman–Crippen LogP) is 0.184. The van der Waals surface area contributed by atoms with E-state index in [0.717, 1.165) is 6.07 Å². The molecule has 0 bridgehead atoms. The number of hydrogen-bond donors (Lipinski definition) is 2.